The van der Waals surface area contributed by atoms with Gasteiger partial charge in [0.15, 0.2) is 0 Å². The largest absolute Gasteiger partial charge is 0.385 e. The zero-order valence-corrected chi connectivity index (χ0v) is 8.97. The smallest absolute Gasteiger partial charge is 0.137 e. The summed E-state index contributed by atoms with van der Waals surface area (Å²) in [6.07, 6.45) is 6.90. The van der Waals surface area contributed by atoms with Crippen LogP contribution in [0, 0.1) is 0 Å². The highest BCUT2D eigenvalue weighted by Gasteiger charge is 2.31. The Bertz CT molecular complexity index is 500. The average molecular weight is 218 g/mol. The van der Waals surface area contributed by atoms with Crippen molar-refractivity contribution < 1.29 is 9.84 Å². The molecule has 2 aromatic rings. The monoisotopic (exact) mass is 218 g/mol. The summed E-state index contributed by atoms with van der Waals surface area (Å²) >= 11 is 0. The lowest BCUT2D eigenvalue weighted by molar-refractivity contribution is -0.0679. The molecular weight excluding hydrogens is 204 g/mol. The summed E-state index contributed by atoms with van der Waals surface area (Å²) in [6.45, 7) is 1.24. The third kappa shape index (κ3) is 1.50. The van der Waals surface area contributed by atoms with Crippen LogP contribution in [0.1, 0.15) is 18.4 Å². The summed E-state index contributed by atoms with van der Waals surface area (Å²) < 4.78 is 7.21. The van der Waals surface area contributed by atoms with Gasteiger partial charge in [0.2, 0.25) is 0 Å². The molecule has 2 aromatic heterocycles. The first-order chi connectivity index (χ1) is 7.78. The second-order valence-electron chi connectivity index (χ2n) is 4.25. The minimum absolute atomic E-state index is 0.621. The Hall–Kier alpha value is -1.39. The molecule has 1 N–H and O–H groups in total. The summed E-state index contributed by atoms with van der Waals surface area (Å²) in [5.41, 5.74) is 1.07. The van der Waals surface area contributed by atoms with Crippen molar-refractivity contribution in [3.63, 3.8) is 0 Å². The van der Waals surface area contributed by atoms with Crippen molar-refractivity contribution >= 4 is 5.65 Å². The predicted molar refractivity (Wildman–Crippen MR) is 59.1 cm³/mol. The van der Waals surface area contributed by atoms with Crippen molar-refractivity contribution in [1.82, 2.24) is 9.38 Å². The van der Waals surface area contributed by atoms with Gasteiger partial charge in [-0.2, -0.15) is 0 Å². The molecule has 1 aliphatic rings. The van der Waals surface area contributed by atoms with E-state index >= 15 is 0 Å². The first-order valence-electron chi connectivity index (χ1n) is 5.51. The van der Waals surface area contributed by atoms with Crippen LogP contribution >= 0.6 is 0 Å². The molecule has 0 radical (unpaired) electrons. The van der Waals surface area contributed by atoms with Crippen LogP contribution in [0.3, 0.4) is 0 Å². The van der Waals surface area contributed by atoms with Crippen molar-refractivity contribution in [2.24, 2.45) is 0 Å². The quantitative estimate of drug-likeness (QED) is 0.785. The van der Waals surface area contributed by atoms with E-state index in [-0.39, 0.29) is 0 Å². The maximum Gasteiger partial charge on any atom is 0.137 e. The summed E-state index contributed by atoms with van der Waals surface area (Å²) in [7, 11) is 0. The number of hydrogen-bond acceptors (Lipinski definition) is 3. The topological polar surface area (TPSA) is 46.8 Å². The molecule has 0 amide bonds. The minimum atomic E-state index is -0.744. The van der Waals surface area contributed by atoms with Crippen LogP contribution in [0.2, 0.25) is 0 Å². The lowest BCUT2D eigenvalue weighted by Gasteiger charge is -2.32. The predicted octanol–water partition coefficient (Wildman–Crippen LogP) is 1.33. The van der Waals surface area contributed by atoms with Crippen molar-refractivity contribution in [3.05, 3.63) is 36.3 Å². The van der Waals surface area contributed by atoms with Crippen LogP contribution in [-0.4, -0.2) is 27.7 Å². The van der Waals surface area contributed by atoms with Crippen LogP contribution in [0.5, 0.6) is 0 Å². The van der Waals surface area contributed by atoms with Crippen molar-refractivity contribution in [2.75, 3.05) is 13.2 Å². The molecule has 1 saturated heterocycles. The maximum atomic E-state index is 10.5. The van der Waals surface area contributed by atoms with Gasteiger partial charge < -0.3 is 14.2 Å². The van der Waals surface area contributed by atoms with Gasteiger partial charge in [-0.05, 0) is 17.7 Å². The molecule has 0 aromatic carbocycles. The van der Waals surface area contributed by atoms with Crippen LogP contribution in [0.4, 0.5) is 0 Å². The van der Waals surface area contributed by atoms with Crippen molar-refractivity contribution in [3.8, 4) is 0 Å². The minimum Gasteiger partial charge on any atom is -0.385 e. The van der Waals surface area contributed by atoms with Crippen molar-refractivity contribution in [1.29, 1.82) is 0 Å². The first-order valence-corrected chi connectivity index (χ1v) is 5.51. The van der Waals surface area contributed by atoms with Crippen LogP contribution in [0.25, 0.3) is 5.65 Å². The number of pyridine rings is 1. The third-order valence-electron chi connectivity index (χ3n) is 3.26. The number of nitrogens with zero attached hydrogens (tertiary/aromatic N) is 2. The van der Waals surface area contributed by atoms with Gasteiger partial charge in [-0.15, -0.1) is 0 Å². The Balaban J connectivity index is 2.03. The van der Waals surface area contributed by atoms with Crippen LogP contribution < -0.4 is 0 Å². The number of ether oxygens (including phenoxy) is 1. The number of fused-ring (bicyclic) bond motifs is 1. The Labute approximate surface area is 93.5 Å². The standard InChI is InChI=1S/C12H14N2O2/c15-12(2-7-16-8-3-12)10-1-5-14-6-4-13-11(14)9-10/h1,4-6,9,15H,2-3,7-8H2. The van der Waals surface area contributed by atoms with E-state index in [9.17, 15) is 5.11 Å². The number of rotatable bonds is 1. The van der Waals surface area contributed by atoms with E-state index in [1.807, 2.05) is 28.9 Å². The highest BCUT2D eigenvalue weighted by Crippen LogP contribution is 2.32. The molecule has 4 heteroatoms. The molecule has 16 heavy (non-hydrogen) atoms. The van der Waals surface area contributed by atoms with Gasteiger partial charge in [0.05, 0.1) is 5.60 Å². The molecule has 0 atom stereocenters. The van der Waals surface area contributed by atoms with Gasteiger partial charge in [-0.25, -0.2) is 4.98 Å². The summed E-state index contributed by atoms with van der Waals surface area (Å²) in [6, 6.07) is 3.91. The molecular formula is C12H14N2O2. The lowest BCUT2D eigenvalue weighted by atomic mass is 9.87. The number of aromatic nitrogens is 2. The second-order valence-corrected chi connectivity index (χ2v) is 4.25. The highest BCUT2D eigenvalue weighted by molar-refractivity contribution is 5.43. The Morgan fingerprint density at radius 2 is 2.12 bits per heavy atom. The Morgan fingerprint density at radius 3 is 2.94 bits per heavy atom. The fraction of sp³-hybridized carbons (Fsp3) is 0.417. The van der Waals surface area contributed by atoms with E-state index < -0.39 is 5.60 Å². The number of imidazole rings is 1. The van der Waals surface area contributed by atoms with E-state index in [0.717, 1.165) is 11.2 Å². The summed E-state index contributed by atoms with van der Waals surface area (Å²) in [5, 5.41) is 10.5. The van der Waals surface area contributed by atoms with Gasteiger partial charge in [-0.1, -0.05) is 0 Å². The van der Waals surface area contributed by atoms with E-state index in [2.05, 4.69) is 4.98 Å². The number of hydrogen-bond donors (Lipinski definition) is 1. The van der Waals surface area contributed by atoms with E-state index in [1.165, 1.54) is 0 Å². The molecule has 3 rings (SSSR count). The van der Waals surface area contributed by atoms with Crippen molar-refractivity contribution in [2.45, 2.75) is 18.4 Å². The lowest BCUT2D eigenvalue weighted by Crippen LogP contribution is -2.33. The van der Waals surface area contributed by atoms with E-state index in [1.54, 1.807) is 6.20 Å². The Morgan fingerprint density at radius 1 is 1.31 bits per heavy atom. The normalized spacial score (nSPS) is 20.1. The van der Waals surface area contributed by atoms with Gasteiger partial charge in [0.1, 0.15) is 5.65 Å². The fourth-order valence-electron chi connectivity index (χ4n) is 2.20. The van der Waals surface area contributed by atoms with Crippen LogP contribution in [0.15, 0.2) is 30.7 Å². The number of aliphatic hydroxyl groups is 1. The SMILES string of the molecule is OC1(c2ccn3ccnc3c2)CCOCC1. The van der Waals surface area contributed by atoms with Gasteiger partial charge in [-0.3, -0.25) is 0 Å². The highest BCUT2D eigenvalue weighted by atomic mass is 16.5. The first kappa shape index (κ1) is 9.81. The average Bonchev–Trinajstić information content (AvgIpc) is 2.77. The molecule has 4 nitrogen and oxygen atoms in total. The molecule has 0 aliphatic carbocycles. The van der Waals surface area contributed by atoms with Gasteiger partial charge >= 0.3 is 0 Å². The third-order valence-corrected chi connectivity index (χ3v) is 3.26. The zero-order chi connectivity index (χ0) is 11.0. The summed E-state index contributed by atoms with van der Waals surface area (Å²) in [4.78, 5) is 4.23. The zero-order valence-electron chi connectivity index (χ0n) is 8.97. The van der Waals surface area contributed by atoms with Crippen LogP contribution in [-0.2, 0) is 10.3 Å². The van der Waals surface area contributed by atoms with Gasteiger partial charge in [0.25, 0.3) is 0 Å². The Kier molecular flexibility index (Phi) is 2.19. The summed E-state index contributed by atoms with van der Waals surface area (Å²) in [5.74, 6) is 0. The van der Waals surface area contributed by atoms with E-state index in [4.69, 9.17) is 4.74 Å². The molecule has 0 saturated carbocycles. The fourth-order valence-corrected chi connectivity index (χ4v) is 2.20. The molecule has 0 unspecified atom stereocenters. The molecule has 0 spiro atoms. The molecule has 1 aliphatic heterocycles. The van der Waals surface area contributed by atoms with Gasteiger partial charge in [0, 0.05) is 44.6 Å². The molecule has 84 valence electrons. The van der Waals surface area contributed by atoms with E-state index in [0.29, 0.717) is 26.1 Å². The second kappa shape index (κ2) is 3.57. The molecule has 3 heterocycles. The maximum absolute atomic E-state index is 10.5. The molecule has 0 bridgehead atoms. The molecule has 1 fully saturated rings.